The molecule has 0 aliphatic carbocycles. The largest absolute Gasteiger partial charge is 0.481 e. The van der Waals surface area contributed by atoms with Gasteiger partial charge < -0.3 is 10.4 Å². The molecule has 0 spiro atoms. The molecule has 0 radical (unpaired) electrons. The third kappa shape index (κ3) is 3.51. The summed E-state index contributed by atoms with van der Waals surface area (Å²) >= 11 is 1.82. The molecular weight excluding hydrogens is 258 g/mol. The van der Waals surface area contributed by atoms with Gasteiger partial charge in [0.2, 0.25) is 0 Å². The molecule has 0 fully saturated rings. The maximum Gasteiger partial charge on any atom is 0.303 e. The van der Waals surface area contributed by atoms with Crippen LogP contribution in [0.2, 0.25) is 0 Å². The van der Waals surface area contributed by atoms with Crippen molar-refractivity contribution in [1.82, 2.24) is 0 Å². The van der Waals surface area contributed by atoms with Gasteiger partial charge in [0, 0.05) is 16.2 Å². The van der Waals surface area contributed by atoms with Crippen LogP contribution in [0, 0.1) is 0 Å². The van der Waals surface area contributed by atoms with E-state index in [4.69, 9.17) is 5.11 Å². The van der Waals surface area contributed by atoms with Gasteiger partial charge in [-0.15, -0.1) is 0 Å². The Balaban J connectivity index is 0.000000232. The first-order chi connectivity index (χ1) is 9.20. The standard InChI is InChI=1S/C12H9NS.C3H6O2/c1-3-7-11-9(5-1)13-10-6-2-4-8-12(10)14-11;1-2-3(4)5/h1-8,13H;2H2,1H3,(H,4,5). The molecule has 0 unspecified atom stereocenters. The van der Waals surface area contributed by atoms with Crippen LogP contribution in [0.3, 0.4) is 0 Å². The van der Waals surface area contributed by atoms with Crippen molar-refractivity contribution in [3.63, 3.8) is 0 Å². The lowest BCUT2D eigenvalue weighted by Gasteiger charge is -2.19. The Bertz CT molecular complexity index is 496. The van der Waals surface area contributed by atoms with E-state index in [0.717, 1.165) is 0 Å². The number of fused-ring (bicyclic) bond motifs is 2. The number of aliphatic carboxylic acids is 1. The predicted molar refractivity (Wildman–Crippen MR) is 78.2 cm³/mol. The Labute approximate surface area is 116 Å². The first kappa shape index (κ1) is 13.5. The van der Waals surface area contributed by atoms with E-state index in [1.54, 1.807) is 6.92 Å². The van der Waals surface area contributed by atoms with E-state index in [1.165, 1.54) is 21.2 Å². The summed E-state index contributed by atoms with van der Waals surface area (Å²) < 4.78 is 0. The summed E-state index contributed by atoms with van der Waals surface area (Å²) in [4.78, 5) is 12.0. The molecule has 1 aliphatic rings. The summed E-state index contributed by atoms with van der Waals surface area (Å²) in [5.74, 6) is -0.745. The van der Waals surface area contributed by atoms with Crippen molar-refractivity contribution in [2.24, 2.45) is 0 Å². The van der Waals surface area contributed by atoms with E-state index in [0.29, 0.717) is 0 Å². The number of rotatable bonds is 1. The van der Waals surface area contributed by atoms with Crippen LogP contribution in [0.4, 0.5) is 11.4 Å². The van der Waals surface area contributed by atoms with Crippen LogP contribution in [0.1, 0.15) is 13.3 Å². The molecule has 3 nitrogen and oxygen atoms in total. The molecule has 2 N–H and O–H groups in total. The quantitative estimate of drug-likeness (QED) is 0.691. The number of carboxylic acid groups (broad SMARTS) is 1. The maximum absolute atomic E-state index is 9.37. The molecule has 0 bridgehead atoms. The van der Waals surface area contributed by atoms with Gasteiger partial charge in [0.1, 0.15) is 0 Å². The molecular formula is C15H15NO2S. The van der Waals surface area contributed by atoms with Crippen LogP contribution in [0.15, 0.2) is 58.3 Å². The molecule has 1 aliphatic heterocycles. The van der Waals surface area contributed by atoms with E-state index in [9.17, 15) is 4.79 Å². The number of anilines is 2. The highest BCUT2D eigenvalue weighted by molar-refractivity contribution is 7.99. The highest BCUT2D eigenvalue weighted by Crippen LogP contribution is 2.43. The molecule has 1 heterocycles. The summed E-state index contributed by atoms with van der Waals surface area (Å²) in [6.45, 7) is 1.60. The van der Waals surface area contributed by atoms with Gasteiger partial charge in [0.15, 0.2) is 0 Å². The molecule has 2 aromatic rings. The zero-order chi connectivity index (χ0) is 13.7. The van der Waals surface area contributed by atoms with Gasteiger partial charge in [0.25, 0.3) is 0 Å². The van der Waals surface area contributed by atoms with Gasteiger partial charge in [-0.1, -0.05) is 43.0 Å². The highest BCUT2D eigenvalue weighted by Gasteiger charge is 2.13. The molecule has 98 valence electrons. The summed E-state index contributed by atoms with van der Waals surface area (Å²) in [5.41, 5.74) is 2.41. The van der Waals surface area contributed by atoms with Crippen molar-refractivity contribution < 1.29 is 9.90 Å². The van der Waals surface area contributed by atoms with Crippen LogP contribution >= 0.6 is 11.8 Å². The zero-order valence-corrected chi connectivity index (χ0v) is 11.4. The molecule has 2 aromatic carbocycles. The lowest BCUT2D eigenvalue weighted by atomic mass is 10.2. The summed E-state index contributed by atoms with van der Waals surface area (Å²) in [6.07, 6.45) is 0.222. The Morgan fingerprint density at radius 2 is 1.47 bits per heavy atom. The smallest absolute Gasteiger partial charge is 0.303 e. The van der Waals surface area contributed by atoms with Gasteiger partial charge in [-0.05, 0) is 24.3 Å². The average molecular weight is 273 g/mol. The predicted octanol–water partition coefficient (Wildman–Crippen LogP) is 4.38. The fraction of sp³-hybridized carbons (Fsp3) is 0.133. The Morgan fingerprint density at radius 1 is 1.05 bits per heavy atom. The van der Waals surface area contributed by atoms with Crippen molar-refractivity contribution in [2.75, 3.05) is 5.32 Å². The first-order valence-corrected chi connectivity index (χ1v) is 6.87. The number of nitrogens with one attached hydrogen (secondary N) is 1. The topological polar surface area (TPSA) is 49.3 Å². The summed E-state index contributed by atoms with van der Waals surface area (Å²) in [6, 6.07) is 16.8. The first-order valence-electron chi connectivity index (χ1n) is 6.05. The fourth-order valence-electron chi connectivity index (χ4n) is 1.58. The lowest BCUT2D eigenvalue weighted by Crippen LogP contribution is -1.98. The Morgan fingerprint density at radius 3 is 1.89 bits per heavy atom. The van der Waals surface area contributed by atoms with Gasteiger partial charge in [-0.3, -0.25) is 4.79 Å². The van der Waals surface area contributed by atoms with E-state index in [-0.39, 0.29) is 6.42 Å². The van der Waals surface area contributed by atoms with Crippen molar-refractivity contribution in [3.8, 4) is 0 Å². The minimum Gasteiger partial charge on any atom is -0.481 e. The minimum absolute atomic E-state index is 0.222. The summed E-state index contributed by atoms with van der Waals surface area (Å²) in [5, 5.41) is 11.1. The van der Waals surface area contributed by atoms with Crippen LogP contribution in [-0.2, 0) is 4.79 Å². The molecule has 0 aromatic heterocycles. The van der Waals surface area contributed by atoms with Crippen LogP contribution in [-0.4, -0.2) is 11.1 Å². The van der Waals surface area contributed by atoms with Gasteiger partial charge in [-0.2, -0.15) is 0 Å². The monoisotopic (exact) mass is 273 g/mol. The number of carboxylic acids is 1. The number of para-hydroxylation sites is 2. The SMILES string of the molecule is CCC(=O)O.c1ccc2c(c1)Nc1ccccc1S2. The number of hydrogen-bond acceptors (Lipinski definition) is 3. The number of benzene rings is 2. The highest BCUT2D eigenvalue weighted by atomic mass is 32.2. The van der Waals surface area contributed by atoms with Crippen LogP contribution < -0.4 is 5.32 Å². The Hall–Kier alpha value is -1.94. The second-order valence-corrected chi connectivity index (χ2v) is 5.05. The molecule has 0 atom stereocenters. The minimum atomic E-state index is -0.745. The van der Waals surface area contributed by atoms with Crippen molar-refractivity contribution >= 4 is 29.1 Å². The van der Waals surface area contributed by atoms with Crippen molar-refractivity contribution in [1.29, 1.82) is 0 Å². The fourth-order valence-corrected chi connectivity index (χ4v) is 2.57. The van der Waals surface area contributed by atoms with Crippen LogP contribution in [0.5, 0.6) is 0 Å². The third-order valence-corrected chi connectivity index (χ3v) is 3.72. The van der Waals surface area contributed by atoms with E-state index >= 15 is 0 Å². The molecule has 0 saturated heterocycles. The van der Waals surface area contributed by atoms with Crippen LogP contribution in [0.25, 0.3) is 0 Å². The van der Waals surface area contributed by atoms with E-state index < -0.39 is 5.97 Å². The number of hydrogen-bond donors (Lipinski definition) is 2. The third-order valence-electron chi connectivity index (χ3n) is 2.57. The van der Waals surface area contributed by atoms with Crippen molar-refractivity contribution in [3.05, 3.63) is 48.5 Å². The van der Waals surface area contributed by atoms with E-state index in [1.807, 2.05) is 11.8 Å². The van der Waals surface area contributed by atoms with Gasteiger partial charge in [0.05, 0.1) is 11.4 Å². The summed E-state index contributed by atoms with van der Waals surface area (Å²) in [7, 11) is 0. The molecule has 4 heteroatoms. The second-order valence-electron chi connectivity index (χ2n) is 3.97. The maximum atomic E-state index is 9.37. The molecule has 0 saturated carbocycles. The lowest BCUT2D eigenvalue weighted by molar-refractivity contribution is -0.136. The normalized spacial score (nSPS) is 11.2. The molecule has 0 amide bonds. The van der Waals surface area contributed by atoms with Gasteiger partial charge >= 0.3 is 5.97 Å². The number of carbonyl (C=O) groups is 1. The molecule has 3 rings (SSSR count). The second kappa shape index (κ2) is 6.29. The Kier molecular flexibility index (Phi) is 4.47. The van der Waals surface area contributed by atoms with Crippen molar-refractivity contribution in [2.45, 2.75) is 23.1 Å². The zero-order valence-electron chi connectivity index (χ0n) is 10.6. The average Bonchev–Trinajstić information content (AvgIpc) is 2.45. The van der Waals surface area contributed by atoms with Gasteiger partial charge in [-0.25, -0.2) is 0 Å². The molecule has 19 heavy (non-hydrogen) atoms. The van der Waals surface area contributed by atoms with E-state index in [2.05, 4.69) is 53.8 Å².